The van der Waals surface area contributed by atoms with Crippen LogP contribution in [0.25, 0.3) is 11.0 Å². The van der Waals surface area contributed by atoms with Crippen LogP contribution in [-0.4, -0.2) is 32.1 Å². The second kappa shape index (κ2) is 6.82. The van der Waals surface area contributed by atoms with Crippen LogP contribution in [0.4, 0.5) is 4.39 Å². The van der Waals surface area contributed by atoms with Crippen molar-refractivity contribution in [2.45, 2.75) is 32.0 Å². The molecule has 3 rings (SSSR count). The van der Waals surface area contributed by atoms with Crippen molar-refractivity contribution in [2.75, 3.05) is 6.61 Å². The molecule has 0 aliphatic carbocycles. The monoisotopic (exact) mass is 344 g/mol. The normalized spacial score (nSPS) is 14.2. The molecular weight excluding hydrogens is 323 g/mol. The number of halogens is 1. The van der Waals surface area contributed by atoms with Gasteiger partial charge in [0.05, 0.1) is 23.7 Å². The Bertz CT molecular complexity index is 931. The molecule has 1 aromatic heterocycles. The minimum Gasteiger partial charge on any atom is -0.394 e. The summed E-state index contributed by atoms with van der Waals surface area (Å²) in [6.45, 7) is 3.19. The molecule has 2 aromatic carbocycles. The van der Waals surface area contributed by atoms with Crippen molar-refractivity contribution in [2.24, 2.45) is 0 Å². The van der Waals surface area contributed by atoms with Crippen molar-refractivity contribution in [3.63, 3.8) is 0 Å². The van der Waals surface area contributed by atoms with E-state index in [1.165, 1.54) is 27.3 Å². The second-order valence-electron chi connectivity index (χ2n) is 6.35. The molecule has 0 unspecified atom stereocenters. The number of benzene rings is 2. The maximum Gasteiger partial charge on any atom is 0.330 e. The van der Waals surface area contributed by atoms with E-state index in [9.17, 15) is 19.4 Å². The maximum absolute atomic E-state index is 13.8. The van der Waals surface area contributed by atoms with Crippen LogP contribution >= 0.6 is 0 Å². The first kappa shape index (κ1) is 17.4. The third-order valence-corrected chi connectivity index (χ3v) is 4.36. The zero-order valence-corrected chi connectivity index (χ0v) is 14.1. The Kier molecular flexibility index (Phi) is 4.74. The van der Waals surface area contributed by atoms with Gasteiger partial charge in [-0.2, -0.15) is 0 Å². The Labute approximate surface area is 144 Å². The summed E-state index contributed by atoms with van der Waals surface area (Å²) in [5, 5.41) is 19.9. The molecule has 132 valence electrons. The van der Waals surface area contributed by atoms with E-state index in [2.05, 4.69) is 0 Å². The number of aromatic nitrogens is 2. The van der Waals surface area contributed by atoms with Gasteiger partial charge in [-0.3, -0.25) is 9.13 Å². The molecule has 0 radical (unpaired) electrons. The standard InChI is InChI=1S/C19H21FN2O3/c1-12(2)21-16-10-14(20)8-9-15(16)22(19(21)25)18(17(24)11-23)13-6-4-3-5-7-13/h3-10,12,17-18,23-24H,11H2,1-2H3/t17-,18+/m1/s1. The van der Waals surface area contributed by atoms with Gasteiger partial charge in [0.15, 0.2) is 0 Å². The fourth-order valence-electron chi connectivity index (χ4n) is 3.28. The molecular formula is C19H21FN2O3. The number of nitrogens with zero attached hydrogens (tertiary/aromatic N) is 2. The third kappa shape index (κ3) is 2.99. The Morgan fingerprint density at radius 3 is 2.32 bits per heavy atom. The van der Waals surface area contributed by atoms with Crippen molar-refractivity contribution in [3.8, 4) is 0 Å². The predicted octanol–water partition coefficient (Wildman–Crippen LogP) is 2.47. The third-order valence-electron chi connectivity index (χ3n) is 4.36. The molecule has 6 heteroatoms. The Hall–Kier alpha value is -2.44. The van der Waals surface area contributed by atoms with E-state index in [4.69, 9.17) is 0 Å². The molecule has 2 N–H and O–H groups in total. The lowest BCUT2D eigenvalue weighted by atomic mass is 10.0. The van der Waals surface area contributed by atoms with Gasteiger partial charge in [-0.05, 0) is 37.6 Å². The Morgan fingerprint density at radius 2 is 1.72 bits per heavy atom. The van der Waals surface area contributed by atoms with Gasteiger partial charge in [0.1, 0.15) is 11.9 Å². The largest absolute Gasteiger partial charge is 0.394 e. The van der Waals surface area contributed by atoms with Gasteiger partial charge < -0.3 is 10.2 Å². The Balaban J connectivity index is 2.36. The predicted molar refractivity (Wildman–Crippen MR) is 94.2 cm³/mol. The lowest BCUT2D eigenvalue weighted by Gasteiger charge is -2.23. The summed E-state index contributed by atoms with van der Waals surface area (Å²) in [6.07, 6.45) is -1.17. The van der Waals surface area contributed by atoms with E-state index in [-0.39, 0.29) is 11.7 Å². The first-order valence-electron chi connectivity index (χ1n) is 8.21. The molecule has 0 aliphatic rings. The van der Waals surface area contributed by atoms with E-state index >= 15 is 0 Å². The summed E-state index contributed by atoms with van der Waals surface area (Å²) in [6, 6.07) is 12.2. The highest BCUT2D eigenvalue weighted by molar-refractivity contribution is 5.76. The van der Waals surface area contributed by atoms with Crippen LogP contribution in [0.1, 0.15) is 31.5 Å². The van der Waals surface area contributed by atoms with Crippen molar-refractivity contribution in [1.82, 2.24) is 9.13 Å². The van der Waals surface area contributed by atoms with Crippen LogP contribution in [-0.2, 0) is 0 Å². The first-order chi connectivity index (χ1) is 12.0. The van der Waals surface area contributed by atoms with Crippen molar-refractivity contribution < 1.29 is 14.6 Å². The second-order valence-corrected chi connectivity index (χ2v) is 6.35. The molecule has 0 bridgehead atoms. The lowest BCUT2D eigenvalue weighted by molar-refractivity contribution is 0.0640. The van der Waals surface area contributed by atoms with Gasteiger partial charge in [0.25, 0.3) is 0 Å². The molecule has 0 saturated heterocycles. The SMILES string of the molecule is CC(C)n1c(=O)n([C@@H](c2ccccc2)[C@H](O)CO)c2ccc(F)cc21. The summed E-state index contributed by atoms with van der Waals surface area (Å²) in [7, 11) is 0. The fourth-order valence-corrected chi connectivity index (χ4v) is 3.28. The maximum atomic E-state index is 13.8. The molecule has 2 atom stereocenters. The highest BCUT2D eigenvalue weighted by atomic mass is 19.1. The quantitative estimate of drug-likeness (QED) is 0.747. The van der Waals surface area contributed by atoms with E-state index in [0.717, 1.165) is 0 Å². The van der Waals surface area contributed by atoms with Gasteiger partial charge in [-0.15, -0.1) is 0 Å². The van der Waals surface area contributed by atoms with Gasteiger partial charge >= 0.3 is 5.69 Å². The molecule has 1 heterocycles. The smallest absolute Gasteiger partial charge is 0.330 e. The average molecular weight is 344 g/mol. The number of rotatable bonds is 5. The minimum absolute atomic E-state index is 0.180. The molecule has 0 fully saturated rings. The summed E-state index contributed by atoms with van der Waals surface area (Å²) in [4.78, 5) is 13.1. The van der Waals surface area contributed by atoms with Crippen molar-refractivity contribution in [1.29, 1.82) is 0 Å². The zero-order chi connectivity index (χ0) is 18.1. The number of hydrogen-bond acceptors (Lipinski definition) is 3. The van der Waals surface area contributed by atoms with E-state index < -0.39 is 24.6 Å². The summed E-state index contributed by atoms with van der Waals surface area (Å²) in [5.41, 5.74) is 1.32. The van der Waals surface area contributed by atoms with Gasteiger partial charge in [-0.1, -0.05) is 30.3 Å². The molecule has 3 aromatic rings. The van der Waals surface area contributed by atoms with Gasteiger partial charge in [0, 0.05) is 6.04 Å². The Morgan fingerprint density at radius 1 is 1.04 bits per heavy atom. The summed E-state index contributed by atoms with van der Waals surface area (Å²) >= 11 is 0. The molecule has 0 amide bonds. The molecule has 0 spiro atoms. The van der Waals surface area contributed by atoms with E-state index in [1.54, 1.807) is 24.3 Å². The van der Waals surface area contributed by atoms with Gasteiger partial charge in [-0.25, -0.2) is 9.18 Å². The molecule has 0 aliphatic heterocycles. The highest BCUT2D eigenvalue weighted by Gasteiger charge is 2.28. The molecule has 25 heavy (non-hydrogen) atoms. The minimum atomic E-state index is -1.17. The van der Waals surface area contributed by atoms with Crippen LogP contribution in [0.5, 0.6) is 0 Å². The first-order valence-corrected chi connectivity index (χ1v) is 8.21. The van der Waals surface area contributed by atoms with Crippen LogP contribution in [0, 0.1) is 5.82 Å². The van der Waals surface area contributed by atoms with Crippen LogP contribution in [0.15, 0.2) is 53.3 Å². The van der Waals surface area contributed by atoms with Crippen LogP contribution < -0.4 is 5.69 Å². The summed E-state index contributed by atoms with van der Waals surface area (Å²) < 4.78 is 16.7. The van der Waals surface area contributed by atoms with Gasteiger partial charge in [0.2, 0.25) is 0 Å². The zero-order valence-electron chi connectivity index (χ0n) is 14.1. The summed E-state index contributed by atoms with van der Waals surface area (Å²) in [5.74, 6) is -0.432. The molecule has 5 nitrogen and oxygen atoms in total. The number of imidazole rings is 1. The van der Waals surface area contributed by atoms with Crippen LogP contribution in [0.3, 0.4) is 0 Å². The number of hydrogen-bond donors (Lipinski definition) is 2. The van der Waals surface area contributed by atoms with E-state index in [1.807, 2.05) is 19.9 Å². The number of fused-ring (bicyclic) bond motifs is 1. The number of aliphatic hydroxyl groups excluding tert-OH is 2. The molecule has 0 saturated carbocycles. The van der Waals surface area contributed by atoms with Crippen molar-refractivity contribution >= 4 is 11.0 Å². The average Bonchev–Trinajstić information content (AvgIpc) is 2.87. The fraction of sp³-hybridized carbons (Fsp3) is 0.316. The van der Waals surface area contributed by atoms with Crippen LogP contribution in [0.2, 0.25) is 0 Å². The van der Waals surface area contributed by atoms with Crippen molar-refractivity contribution in [3.05, 3.63) is 70.4 Å². The number of aliphatic hydroxyl groups is 2. The highest BCUT2D eigenvalue weighted by Crippen LogP contribution is 2.27. The topological polar surface area (TPSA) is 67.4 Å². The van der Waals surface area contributed by atoms with E-state index in [0.29, 0.717) is 16.6 Å². The lowest BCUT2D eigenvalue weighted by Crippen LogP contribution is -2.36.